The van der Waals surface area contributed by atoms with E-state index in [9.17, 15) is 22.8 Å². The van der Waals surface area contributed by atoms with Gasteiger partial charge in [-0.25, -0.2) is 18.2 Å². The lowest BCUT2D eigenvalue weighted by Crippen LogP contribution is -2.46. The standard InChI is InChI=1S/C18H26F3N5O2.HI/c1-5-22-18(25(4)11-15(28)26(6-2)7-3)23-10-14(27)24-13-9-8-12(19)16(20)17(13)21;/h8-9H,5-7,10-11H2,1-4H3,(H,22,23)(H,24,27);1H. The first kappa shape index (κ1) is 27.0. The molecule has 7 nitrogen and oxygen atoms in total. The quantitative estimate of drug-likeness (QED) is 0.235. The van der Waals surface area contributed by atoms with E-state index in [1.807, 2.05) is 20.8 Å². The predicted octanol–water partition coefficient (Wildman–Crippen LogP) is 2.43. The van der Waals surface area contributed by atoms with Crippen molar-refractivity contribution in [2.24, 2.45) is 4.99 Å². The number of carbonyl (C=O) groups is 2. The minimum absolute atomic E-state index is 0. The SMILES string of the molecule is CCNC(=NCC(=O)Nc1ccc(F)c(F)c1F)N(C)CC(=O)N(CC)CC.I. The summed E-state index contributed by atoms with van der Waals surface area (Å²) >= 11 is 0. The molecule has 2 amide bonds. The maximum absolute atomic E-state index is 13.6. The van der Waals surface area contributed by atoms with Gasteiger partial charge in [0.2, 0.25) is 11.8 Å². The molecule has 0 heterocycles. The van der Waals surface area contributed by atoms with Crippen LogP contribution in [0.4, 0.5) is 18.9 Å². The van der Waals surface area contributed by atoms with Gasteiger partial charge in [-0.2, -0.15) is 0 Å². The van der Waals surface area contributed by atoms with Gasteiger partial charge in [0.15, 0.2) is 23.4 Å². The molecule has 0 fully saturated rings. The number of aliphatic imine (C=N–C) groups is 1. The van der Waals surface area contributed by atoms with Crippen LogP contribution in [0, 0.1) is 17.5 Å². The third-order valence-electron chi connectivity index (χ3n) is 3.87. The van der Waals surface area contributed by atoms with Gasteiger partial charge >= 0.3 is 0 Å². The molecule has 0 aliphatic heterocycles. The van der Waals surface area contributed by atoms with E-state index in [4.69, 9.17) is 0 Å². The van der Waals surface area contributed by atoms with Crippen molar-refractivity contribution in [1.82, 2.24) is 15.1 Å². The van der Waals surface area contributed by atoms with Gasteiger partial charge < -0.3 is 20.4 Å². The van der Waals surface area contributed by atoms with Crippen LogP contribution in [-0.4, -0.2) is 67.3 Å². The molecule has 164 valence electrons. The van der Waals surface area contributed by atoms with Gasteiger partial charge in [0, 0.05) is 26.7 Å². The molecule has 1 aromatic carbocycles. The molecule has 0 atom stereocenters. The van der Waals surface area contributed by atoms with E-state index in [2.05, 4.69) is 15.6 Å². The minimum Gasteiger partial charge on any atom is -0.356 e. The van der Waals surface area contributed by atoms with E-state index in [0.29, 0.717) is 31.7 Å². The van der Waals surface area contributed by atoms with Gasteiger partial charge in [-0.15, -0.1) is 24.0 Å². The van der Waals surface area contributed by atoms with Crippen LogP contribution < -0.4 is 10.6 Å². The van der Waals surface area contributed by atoms with E-state index >= 15 is 0 Å². The summed E-state index contributed by atoms with van der Waals surface area (Å²) in [7, 11) is 1.65. The molecule has 0 saturated heterocycles. The first-order valence-electron chi connectivity index (χ1n) is 8.95. The molecule has 1 rings (SSSR count). The van der Waals surface area contributed by atoms with Crippen molar-refractivity contribution < 1.29 is 22.8 Å². The Balaban J connectivity index is 0.00000784. The lowest BCUT2D eigenvalue weighted by Gasteiger charge is -2.25. The molecule has 0 bridgehead atoms. The maximum Gasteiger partial charge on any atom is 0.246 e. The Morgan fingerprint density at radius 3 is 2.24 bits per heavy atom. The first-order chi connectivity index (χ1) is 13.2. The van der Waals surface area contributed by atoms with Crippen LogP contribution in [0.15, 0.2) is 17.1 Å². The average molecular weight is 529 g/mol. The zero-order chi connectivity index (χ0) is 21.3. The van der Waals surface area contributed by atoms with Gasteiger partial charge in [-0.3, -0.25) is 9.59 Å². The number of benzene rings is 1. The molecule has 0 saturated carbocycles. The van der Waals surface area contributed by atoms with E-state index in [-0.39, 0.29) is 36.4 Å². The summed E-state index contributed by atoms with van der Waals surface area (Å²) in [6.45, 7) is 6.91. The number of amides is 2. The van der Waals surface area contributed by atoms with E-state index < -0.39 is 35.6 Å². The van der Waals surface area contributed by atoms with Crippen LogP contribution in [0.2, 0.25) is 0 Å². The molecule has 2 N–H and O–H groups in total. The van der Waals surface area contributed by atoms with Gasteiger partial charge in [0.05, 0.1) is 12.2 Å². The Labute approximate surface area is 185 Å². The Hall–Kier alpha value is -2.05. The average Bonchev–Trinajstić information content (AvgIpc) is 2.66. The first-order valence-corrected chi connectivity index (χ1v) is 8.95. The number of hydrogen-bond acceptors (Lipinski definition) is 3. The van der Waals surface area contributed by atoms with Crippen molar-refractivity contribution in [2.75, 3.05) is 45.1 Å². The lowest BCUT2D eigenvalue weighted by molar-refractivity contribution is -0.131. The zero-order valence-electron chi connectivity index (χ0n) is 16.9. The number of hydrogen-bond donors (Lipinski definition) is 2. The highest BCUT2D eigenvalue weighted by Gasteiger charge is 2.17. The number of rotatable bonds is 8. The second-order valence-electron chi connectivity index (χ2n) is 5.86. The smallest absolute Gasteiger partial charge is 0.246 e. The fraction of sp³-hybridized carbons (Fsp3) is 0.500. The van der Waals surface area contributed by atoms with Gasteiger partial charge in [0.25, 0.3) is 0 Å². The molecule has 0 aliphatic rings. The van der Waals surface area contributed by atoms with Crippen molar-refractivity contribution in [3.05, 3.63) is 29.6 Å². The molecule has 0 spiro atoms. The van der Waals surface area contributed by atoms with Crippen LogP contribution >= 0.6 is 24.0 Å². The normalized spacial score (nSPS) is 10.8. The summed E-state index contributed by atoms with van der Waals surface area (Å²) in [4.78, 5) is 31.5. The highest BCUT2D eigenvalue weighted by Crippen LogP contribution is 2.19. The largest absolute Gasteiger partial charge is 0.356 e. The fourth-order valence-corrected chi connectivity index (χ4v) is 2.38. The van der Waals surface area contributed by atoms with Crippen LogP contribution in [0.5, 0.6) is 0 Å². The molecule has 0 aromatic heterocycles. The van der Waals surface area contributed by atoms with Gasteiger partial charge in [-0.1, -0.05) is 0 Å². The minimum atomic E-state index is -1.66. The Bertz CT molecular complexity index is 730. The summed E-state index contributed by atoms with van der Waals surface area (Å²) in [5.41, 5.74) is -0.478. The van der Waals surface area contributed by atoms with Crippen LogP contribution in [0.3, 0.4) is 0 Å². The lowest BCUT2D eigenvalue weighted by atomic mass is 10.3. The summed E-state index contributed by atoms with van der Waals surface area (Å²) in [5.74, 6) is -4.99. The number of carbonyl (C=O) groups excluding carboxylic acids is 2. The number of halogens is 4. The molecule has 29 heavy (non-hydrogen) atoms. The molecule has 0 radical (unpaired) electrons. The topological polar surface area (TPSA) is 77.0 Å². The number of guanidine groups is 1. The second-order valence-corrected chi connectivity index (χ2v) is 5.86. The molecule has 0 aliphatic carbocycles. The summed E-state index contributed by atoms with van der Waals surface area (Å²) in [6.07, 6.45) is 0. The third kappa shape index (κ3) is 8.07. The fourth-order valence-electron chi connectivity index (χ4n) is 2.38. The van der Waals surface area contributed by atoms with Crippen molar-refractivity contribution >= 4 is 47.4 Å². The summed E-state index contributed by atoms with van der Waals surface area (Å²) in [6, 6.07) is 1.64. The predicted molar refractivity (Wildman–Crippen MR) is 117 cm³/mol. The number of nitrogens with zero attached hydrogens (tertiary/aromatic N) is 3. The number of nitrogens with one attached hydrogen (secondary N) is 2. The van der Waals surface area contributed by atoms with Crippen molar-refractivity contribution in [2.45, 2.75) is 20.8 Å². The highest BCUT2D eigenvalue weighted by molar-refractivity contribution is 14.0. The second kappa shape index (κ2) is 13.2. The van der Waals surface area contributed by atoms with E-state index in [1.165, 1.54) is 0 Å². The van der Waals surface area contributed by atoms with Crippen LogP contribution in [0.25, 0.3) is 0 Å². The molecule has 1 aromatic rings. The zero-order valence-corrected chi connectivity index (χ0v) is 19.2. The Morgan fingerprint density at radius 2 is 1.69 bits per heavy atom. The Kier molecular flexibility index (Phi) is 12.3. The van der Waals surface area contributed by atoms with Crippen molar-refractivity contribution in [3.63, 3.8) is 0 Å². The number of anilines is 1. The number of likely N-dealkylation sites (N-methyl/N-ethyl adjacent to an activating group) is 2. The maximum atomic E-state index is 13.6. The van der Waals surface area contributed by atoms with E-state index in [0.717, 1.165) is 6.07 Å². The van der Waals surface area contributed by atoms with Gasteiger partial charge in [-0.05, 0) is 32.9 Å². The summed E-state index contributed by atoms with van der Waals surface area (Å²) in [5, 5.41) is 5.09. The van der Waals surface area contributed by atoms with Gasteiger partial charge in [0.1, 0.15) is 6.54 Å². The third-order valence-corrected chi connectivity index (χ3v) is 3.87. The molecule has 11 heteroatoms. The van der Waals surface area contributed by atoms with Crippen molar-refractivity contribution in [3.8, 4) is 0 Å². The Morgan fingerprint density at radius 1 is 1.07 bits per heavy atom. The molecular formula is C18H27F3IN5O2. The van der Waals surface area contributed by atoms with Crippen molar-refractivity contribution in [1.29, 1.82) is 0 Å². The molecule has 0 unspecified atom stereocenters. The monoisotopic (exact) mass is 529 g/mol. The highest BCUT2D eigenvalue weighted by atomic mass is 127. The van der Waals surface area contributed by atoms with E-state index in [1.54, 1.807) is 16.8 Å². The molecular weight excluding hydrogens is 502 g/mol. The van der Waals surface area contributed by atoms with Crippen LogP contribution in [-0.2, 0) is 9.59 Å². The van der Waals surface area contributed by atoms with Crippen LogP contribution in [0.1, 0.15) is 20.8 Å². The summed E-state index contributed by atoms with van der Waals surface area (Å²) < 4.78 is 39.8.